The SMILES string of the molecule is CC/C=C\C/C=C\C/C=C\C/C=C\C/C=C\C/C=C\C/C=C\C/C=C\C/C=C\CCCCCCCC(=O)OCC(COC(=O)CCCCCCC/C=C\C/C=C\CCCCC)OC(=O)CCCCCCC/C=C\C/C=C\C/C=C\CC. The molecule has 1 unspecified atom stereocenters. The van der Waals surface area contributed by atoms with Crippen molar-refractivity contribution < 1.29 is 28.6 Å². The average molecular weight is 1120 g/mol. The van der Waals surface area contributed by atoms with E-state index in [2.05, 4.69) is 191 Å². The summed E-state index contributed by atoms with van der Waals surface area (Å²) in [5, 5.41) is 0. The number of hydrogen-bond donors (Lipinski definition) is 0. The lowest BCUT2D eigenvalue weighted by Gasteiger charge is -2.18. The minimum Gasteiger partial charge on any atom is -0.462 e. The first-order valence-electron chi connectivity index (χ1n) is 32.6. The molecule has 0 amide bonds. The topological polar surface area (TPSA) is 78.9 Å². The maximum atomic E-state index is 12.9. The van der Waals surface area contributed by atoms with E-state index in [0.717, 1.165) is 199 Å². The lowest BCUT2D eigenvalue weighted by molar-refractivity contribution is -0.167. The van der Waals surface area contributed by atoms with Gasteiger partial charge in [-0.3, -0.25) is 14.4 Å². The van der Waals surface area contributed by atoms with Crippen LogP contribution in [0.1, 0.15) is 265 Å². The normalized spacial score (nSPS) is 13.3. The first-order valence-corrected chi connectivity index (χ1v) is 32.6. The van der Waals surface area contributed by atoms with Gasteiger partial charge in [0, 0.05) is 19.3 Å². The highest BCUT2D eigenvalue weighted by Gasteiger charge is 2.19. The molecule has 6 heteroatoms. The van der Waals surface area contributed by atoms with Gasteiger partial charge in [0.25, 0.3) is 0 Å². The summed E-state index contributed by atoms with van der Waals surface area (Å²) in [7, 11) is 0. The number of hydrogen-bond acceptors (Lipinski definition) is 6. The molecule has 0 radical (unpaired) electrons. The lowest BCUT2D eigenvalue weighted by atomic mass is 10.1. The number of esters is 3. The van der Waals surface area contributed by atoms with Gasteiger partial charge in [-0.25, -0.2) is 0 Å². The predicted octanol–water partition coefficient (Wildman–Crippen LogP) is 22.7. The Labute approximate surface area is 498 Å². The Bertz CT molecular complexity index is 1860. The van der Waals surface area contributed by atoms with Crippen LogP contribution in [0.25, 0.3) is 0 Å². The second-order valence-corrected chi connectivity index (χ2v) is 20.9. The van der Waals surface area contributed by atoms with Crippen molar-refractivity contribution in [1.29, 1.82) is 0 Å². The molecule has 0 aromatic heterocycles. The molecule has 0 spiro atoms. The maximum absolute atomic E-state index is 12.9. The van der Waals surface area contributed by atoms with E-state index in [1.54, 1.807) is 0 Å². The van der Waals surface area contributed by atoms with Crippen molar-refractivity contribution in [2.75, 3.05) is 13.2 Å². The van der Waals surface area contributed by atoms with Gasteiger partial charge in [-0.2, -0.15) is 0 Å². The van der Waals surface area contributed by atoms with Crippen LogP contribution < -0.4 is 0 Å². The van der Waals surface area contributed by atoms with E-state index in [1.807, 2.05) is 0 Å². The molecule has 0 heterocycles. The highest BCUT2D eigenvalue weighted by molar-refractivity contribution is 5.71. The second kappa shape index (κ2) is 67.3. The third kappa shape index (κ3) is 65.5. The van der Waals surface area contributed by atoms with Crippen LogP contribution in [-0.4, -0.2) is 37.2 Å². The van der Waals surface area contributed by atoms with E-state index >= 15 is 0 Å². The van der Waals surface area contributed by atoms with Crippen LogP contribution in [0.3, 0.4) is 0 Å². The van der Waals surface area contributed by atoms with Gasteiger partial charge >= 0.3 is 17.9 Å². The Morgan fingerprint density at radius 1 is 0.259 bits per heavy atom. The monoisotopic (exact) mass is 1110 g/mol. The molecule has 0 bridgehead atoms. The number of rotatable bonds is 57. The molecule has 0 aliphatic carbocycles. The van der Waals surface area contributed by atoms with E-state index in [0.29, 0.717) is 19.3 Å². The number of ether oxygens (including phenoxy) is 3. The fourth-order valence-electron chi connectivity index (χ4n) is 8.36. The van der Waals surface area contributed by atoms with Crippen LogP contribution in [0.5, 0.6) is 0 Å². The number of carbonyl (C=O) groups excluding carboxylic acids is 3. The summed E-state index contributed by atoms with van der Waals surface area (Å²) in [6, 6.07) is 0. The molecule has 0 saturated carbocycles. The Hall–Kier alpha value is -5.23. The number of unbranched alkanes of at least 4 members (excludes halogenated alkanes) is 18. The van der Waals surface area contributed by atoms with E-state index in [1.165, 1.54) is 25.7 Å². The van der Waals surface area contributed by atoms with Gasteiger partial charge in [0.05, 0.1) is 0 Å². The first-order chi connectivity index (χ1) is 40.0. The van der Waals surface area contributed by atoms with Gasteiger partial charge < -0.3 is 14.2 Å². The summed E-state index contributed by atoms with van der Waals surface area (Å²) in [5.74, 6) is -0.960. The van der Waals surface area contributed by atoms with Gasteiger partial charge in [0.2, 0.25) is 0 Å². The Balaban J connectivity index is 4.38. The zero-order valence-electron chi connectivity index (χ0n) is 52.0. The molecule has 81 heavy (non-hydrogen) atoms. The summed E-state index contributed by atoms with van der Waals surface area (Å²) in [4.78, 5) is 38.3. The lowest BCUT2D eigenvalue weighted by Crippen LogP contribution is -2.30. The van der Waals surface area contributed by atoms with Crippen LogP contribution in [0.2, 0.25) is 0 Å². The zero-order valence-corrected chi connectivity index (χ0v) is 52.0. The number of allylic oxidation sites excluding steroid dienone is 28. The van der Waals surface area contributed by atoms with E-state index in [4.69, 9.17) is 14.2 Å². The molecule has 0 fully saturated rings. The molecule has 6 nitrogen and oxygen atoms in total. The fourth-order valence-corrected chi connectivity index (χ4v) is 8.36. The first kappa shape index (κ1) is 75.8. The van der Waals surface area contributed by atoms with Gasteiger partial charge in [-0.05, 0) is 154 Å². The third-order valence-electron chi connectivity index (χ3n) is 13.2. The van der Waals surface area contributed by atoms with Gasteiger partial charge in [0.1, 0.15) is 13.2 Å². The van der Waals surface area contributed by atoms with Crippen molar-refractivity contribution in [2.24, 2.45) is 0 Å². The fraction of sp³-hybridized carbons (Fsp3) is 0.587. The third-order valence-corrected chi connectivity index (χ3v) is 13.2. The van der Waals surface area contributed by atoms with Crippen LogP contribution in [0.15, 0.2) is 170 Å². The largest absolute Gasteiger partial charge is 0.462 e. The molecule has 0 aromatic carbocycles. The number of carbonyl (C=O) groups is 3. The van der Waals surface area contributed by atoms with E-state index in [9.17, 15) is 14.4 Å². The minimum atomic E-state index is -0.811. The Morgan fingerprint density at radius 2 is 0.481 bits per heavy atom. The zero-order chi connectivity index (χ0) is 58.5. The van der Waals surface area contributed by atoms with Crippen LogP contribution >= 0.6 is 0 Å². The molecule has 0 aromatic rings. The van der Waals surface area contributed by atoms with E-state index in [-0.39, 0.29) is 31.1 Å². The summed E-state index contributed by atoms with van der Waals surface area (Å²) in [6.45, 7) is 6.34. The van der Waals surface area contributed by atoms with Crippen molar-refractivity contribution in [3.63, 3.8) is 0 Å². The summed E-state index contributed by atoms with van der Waals surface area (Å²) in [5.41, 5.74) is 0. The summed E-state index contributed by atoms with van der Waals surface area (Å²) < 4.78 is 16.9. The van der Waals surface area contributed by atoms with Crippen molar-refractivity contribution in [1.82, 2.24) is 0 Å². The molecule has 0 rings (SSSR count). The molecule has 1 atom stereocenters. The smallest absolute Gasteiger partial charge is 0.306 e. The molecule has 454 valence electrons. The summed E-state index contributed by atoms with van der Waals surface area (Å²) >= 11 is 0. The van der Waals surface area contributed by atoms with Crippen LogP contribution in [0.4, 0.5) is 0 Å². The molecule has 0 N–H and O–H groups in total. The Morgan fingerprint density at radius 3 is 0.753 bits per heavy atom. The van der Waals surface area contributed by atoms with Crippen molar-refractivity contribution in [3.8, 4) is 0 Å². The van der Waals surface area contributed by atoms with Crippen molar-refractivity contribution in [2.45, 2.75) is 271 Å². The Kier molecular flexibility index (Phi) is 62.9. The van der Waals surface area contributed by atoms with Crippen LogP contribution in [0, 0.1) is 0 Å². The average Bonchev–Trinajstić information content (AvgIpc) is 3.47. The molecular weight excluding hydrogens is 997 g/mol. The minimum absolute atomic E-state index is 0.105. The van der Waals surface area contributed by atoms with Gasteiger partial charge in [0.15, 0.2) is 6.10 Å². The quantitative estimate of drug-likeness (QED) is 0.0261. The summed E-state index contributed by atoms with van der Waals surface area (Å²) in [6.07, 6.45) is 99.3. The molecule has 0 saturated heterocycles. The van der Waals surface area contributed by atoms with Gasteiger partial charge in [-0.15, -0.1) is 0 Å². The molecular formula is C75H118O6. The second-order valence-electron chi connectivity index (χ2n) is 20.9. The highest BCUT2D eigenvalue weighted by atomic mass is 16.6. The standard InChI is InChI=1S/C75H118O6/c1-4-7-10-13-16-19-22-25-28-29-30-31-32-33-34-35-36-37-38-39-40-41-42-43-44-45-48-50-53-56-59-62-65-68-74(77)80-71-72(81-75(78)69-66-63-60-57-54-51-47-27-24-21-18-15-12-9-6-3)70-79-73(76)67-64-61-58-55-52-49-46-26-23-20-17-14-11-8-5-2/h7,9-10,12,16-21,25-28,30-31,33-34,36-37,39-40,42-43,45-48,72H,4-6,8,11,13-15,22-24,29,32,35,38,41,44,49-71H2,1-3H3/b10-7-,12-9-,19-16-,20-17-,21-18-,28-25-,31-30-,34-33-,37-36-,40-39-,43-42-,46-26-,47-27-,48-45-. The molecule has 0 aliphatic rings. The van der Waals surface area contributed by atoms with Gasteiger partial charge in [-0.1, -0.05) is 262 Å². The highest BCUT2D eigenvalue weighted by Crippen LogP contribution is 2.14. The maximum Gasteiger partial charge on any atom is 0.306 e. The van der Waals surface area contributed by atoms with Crippen molar-refractivity contribution in [3.05, 3.63) is 170 Å². The van der Waals surface area contributed by atoms with Crippen molar-refractivity contribution >= 4 is 17.9 Å². The predicted molar refractivity (Wildman–Crippen MR) is 352 cm³/mol. The van der Waals surface area contributed by atoms with E-state index < -0.39 is 6.10 Å². The van der Waals surface area contributed by atoms with Crippen LogP contribution in [-0.2, 0) is 28.6 Å². The molecule has 0 aliphatic heterocycles.